The standard InChI is InChI=1S/C16H21N3O4S/c1-10(2)8-12(15(21)22)18-14(20)13-5-4-11(23-13)9-24-16-17-6-7-19(16)3/h4-7,10,12H,8-9H2,1-3H3,(H,18,20)(H,21,22)/t12-/m0/s1. The molecule has 2 rings (SSSR count). The molecule has 2 heterocycles. The van der Waals surface area contributed by atoms with Crippen molar-refractivity contribution < 1.29 is 19.1 Å². The third-order valence-electron chi connectivity index (χ3n) is 3.32. The van der Waals surface area contributed by atoms with Crippen LogP contribution in [-0.4, -0.2) is 32.6 Å². The molecule has 0 aliphatic carbocycles. The van der Waals surface area contributed by atoms with Crippen molar-refractivity contribution >= 4 is 23.6 Å². The molecule has 2 aromatic rings. The summed E-state index contributed by atoms with van der Waals surface area (Å²) in [5.74, 6) is -0.130. The number of rotatable bonds is 8. The fourth-order valence-corrected chi connectivity index (χ4v) is 2.95. The fraction of sp³-hybridized carbons (Fsp3) is 0.438. The number of carboxylic acid groups (broad SMARTS) is 1. The van der Waals surface area contributed by atoms with Gasteiger partial charge in [-0.2, -0.15) is 0 Å². The zero-order valence-electron chi connectivity index (χ0n) is 13.9. The minimum atomic E-state index is -1.05. The highest BCUT2D eigenvalue weighted by Crippen LogP contribution is 2.22. The molecule has 8 heteroatoms. The van der Waals surface area contributed by atoms with Gasteiger partial charge in [0, 0.05) is 19.4 Å². The predicted molar refractivity (Wildman–Crippen MR) is 89.8 cm³/mol. The van der Waals surface area contributed by atoms with E-state index in [2.05, 4.69) is 10.3 Å². The number of amides is 1. The van der Waals surface area contributed by atoms with Crippen LogP contribution in [0.15, 0.2) is 34.1 Å². The molecule has 2 aromatic heterocycles. The molecule has 1 amide bonds. The number of aryl methyl sites for hydroxylation is 1. The Kier molecular flexibility index (Phi) is 6.08. The van der Waals surface area contributed by atoms with Crippen LogP contribution in [0.5, 0.6) is 0 Å². The van der Waals surface area contributed by atoms with Gasteiger partial charge in [-0.3, -0.25) is 4.79 Å². The average molecular weight is 351 g/mol. The Labute approximate surface area is 144 Å². The largest absolute Gasteiger partial charge is 0.480 e. The van der Waals surface area contributed by atoms with E-state index >= 15 is 0 Å². The van der Waals surface area contributed by atoms with Crippen LogP contribution in [0, 0.1) is 5.92 Å². The summed E-state index contributed by atoms with van der Waals surface area (Å²) in [6.07, 6.45) is 3.93. The summed E-state index contributed by atoms with van der Waals surface area (Å²) < 4.78 is 7.40. The summed E-state index contributed by atoms with van der Waals surface area (Å²) in [5.41, 5.74) is 0. The van der Waals surface area contributed by atoms with E-state index in [1.54, 1.807) is 18.3 Å². The molecule has 7 nitrogen and oxygen atoms in total. The smallest absolute Gasteiger partial charge is 0.326 e. The van der Waals surface area contributed by atoms with E-state index < -0.39 is 17.9 Å². The number of carboxylic acids is 1. The molecule has 0 aromatic carbocycles. The van der Waals surface area contributed by atoms with Crippen LogP contribution in [0.1, 0.15) is 36.6 Å². The van der Waals surface area contributed by atoms with Gasteiger partial charge in [-0.1, -0.05) is 25.6 Å². The molecule has 0 unspecified atom stereocenters. The van der Waals surface area contributed by atoms with Crippen LogP contribution < -0.4 is 5.32 Å². The van der Waals surface area contributed by atoms with Gasteiger partial charge in [0.1, 0.15) is 11.8 Å². The molecule has 0 saturated carbocycles. The molecule has 0 spiro atoms. The molecular weight excluding hydrogens is 330 g/mol. The van der Waals surface area contributed by atoms with Gasteiger partial charge in [0.25, 0.3) is 5.91 Å². The maximum absolute atomic E-state index is 12.1. The highest BCUT2D eigenvalue weighted by molar-refractivity contribution is 7.98. The molecule has 1 atom stereocenters. The van der Waals surface area contributed by atoms with E-state index in [9.17, 15) is 14.7 Å². The molecule has 0 fully saturated rings. The second-order valence-electron chi connectivity index (χ2n) is 5.87. The van der Waals surface area contributed by atoms with E-state index in [1.165, 1.54) is 11.8 Å². The molecule has 0 aliphatic heterocycles. The Balaban J connectivity index is 1.95. The summed E-state index contributed by atoms with van der Waals surface area (Å²) in [4.78, 5) is 27.6. The second kappa shape index (κ2) is 8.05. The van der Waals surface area contributed by atoms with Crippen molar-refractivity contribution in [1.29, 1.82) is 0 Å². The summed E-state index contributed by atoms with van der Waals surface area (Å²) >= 11 is 1.49. The molecule has 0 saturated heterocycles. The number of furan rings is 1. The molecular formula is C16H21N3O4S. The number of aliphatic carboxylic acids is 1. The van der Waals surface area contributed by atoms with Crippen LogP contribution in [0.25, 0.3) is 0 Å². The molecule has 24 heavy (non-hydrogen) atoms. The van der Waals surface area contributed by atoms with E-state index in [0.717, 1.165) is 5.16 Å². The molecule has 0 bridgehead atoms. The Morgan fingerprint density at radius 3 is 2.75 bits per heavy atom. The summed E-state index contributed by atoms with van der Waals surface area (Å²) in [6, 6.07) is 2.34. The lowest BCUT2D eigenvalue weighted by Crippen LogP contribution is -2.41. The van der Waals surface area contributed by atoms with E-state index in [-0.39, 0.29) is 11.7 Å². The van der Waals surface area contributed by atoms with Gasteiger partial charge in [0.05, 0.1) is 5.75 Å². The Bertz CT molecular complexity index is 708. The van der Waals surface area contributed by atoms with Crippen molar-refractivity contribution in [2.75, 3.05) is 0 Å². The average Bonchev–Trinajstić information content (AvgIpc) is 3.12. The van der Waals surface area contributed by atoms with Crippen LogP contribution in [0.3, 0.4) is 0 Å². The van der Waals surface area contributed by atoms with Gasteiger partial charge >= 0.3 is 5.97 Å². The van der Waals surface area contributed by atoms with Gasteiger partial charge in [0.2, 0.25) is 0 Å². The second-order valence-corrected chi connectivity index (χ2v) is 6.81. The monoisotopic (exact) mass is 351 g/mol. The Morgan fingerprint density at radius 1 is 1.42 bits per heavy atom. The highest BCUT2D eigenvalue weighted by atomic mass is 32.2. The van der Waals surface area contributed by atoms with Crippen LogP contribution >= 0.6 is 11.8 Å². The van der Waals surface area contributed by atoms with Crippen molar-refractivity contribution in [3.05, 3.63) is 36.0 Å². The Hall–Kier alpha value is -2.22. The summed E-state index contributed by atoms with van der Waals surface area (Å²) in [5, 5.41) is 12.5. The predicted octanol–water partition coefficient (Wildman–Crippen LogP) is 2.53. The van der Waals surface area contributed by atoms with E-state index in [4.69, 9.17) is 4.42 Å². The SMILES string of the molecule is CC(C)C[C@H](NC(=O)c1ccc(CSc2nccn2C)o1)C(=O)O. The first-order valence-electron chi connectivity index (χ1n) is 7.59. The van der Waals surface area contributed by atoms with Gasteiger partial charge < -0.3 is 19.4 Å². The highest BCUT2D eigenvalue weighted by Gasteiger charge is 2.23. The number of hydrogen-bond donors (Lipinski definition) is 2. The zero-order valence-corrected chi connectivity index (χ0v) is 14.7. The van der Waals surface area contributed by atoms with Gasteiger partial charge in [-0.25, -0.2) is 9.78 Å². The molecule has 130 valence electrons. The third kappa shape index (κ3) is 4.89. The number of nitrogens with zero attached hydrogens (tertiary/aromatic N) is 2. The number of hydrogen-bond acceptors (Lipinski definition) is 5. The molecule has 0 aliphatic rings. The Morgan fingerprint density at radius 2 is 2.17 bits per heavy atom. The lowest BCUT2D eigenvalue weighted by atomic mass is 10.0. The van der Waals surface area contributed by atoms with Crippen molar-refractivity contribution in [1.82, 2.24) is 14.9 Å². The number of nitrogens with one attached hydrogen (secondary N) is 1. The van der Waals surface area contributed by atoms with Crippen LogP contribution in [-0.2, 0) is 17.6 Å². The van der Waals surface area contributed by atoms with Crippen LogP contribution in [0.2, 0.25) is 0 Å². The number of thioether (sulfide) groups is 1. The third-order valence-corrected chi connectivity index (χ3v) is 4.40. The lowest BCUT2D eigenvalue weighted by molar-refractivity contribution is -0.139. The van der Waals surface area contributed by atoms with Gasteiger partial charge in [-0.05, 0) is 24.5 Å². The molecule has 0 radical (unpaired) electrons. The minimum Gasteiger partial charge on any atom is -0.480 e. The van der Waals surface area contributed by atoms with Gasteiger partial charge in [-0.15, -0.1) is 0 Å². The number of carbonyl (C=O) groups is 2. The first kappa shape index (κ1) is 18.1. The number of aromatic nitrogens is 2. The van der Waals surface area contributed by atoms with E-state index in [0.29, 0.717) is 17.9 Å². The summed E-state index contributed by atoms with van der Waals surface area (Å²) in [6.45, 7) is 3.81. The minimum absolute atomic E-state index is 0.112. The fourth-order valence-electron chi connectivity index (χ4n) is 2.13. The normalized spacial score (nSPS) is 12.3. The first-order valence-corrected chi connectivity index (χ1v) is 8.58. The lowest BCUT2D eigenvalue weighted by Gasteiger charge is -2.15. The first-order chi connectivity index (χ1) is 11.4. The topological polar surface area (TPSA) is 97.4 Å². The van der Waals surface area contributed by atoms with Crippen LogP contribution in [0.4, 0.5) is 0 Å². The summed E-state index contributed by atoms with van der Waals surface area (Å²) in [7, 11) is 1.90. The molecule has 2 N–H and O–H groups in total. The zero-order chi connectivity index (χ0) is 17.7. The van der Waals surface area contributed by atoms with Crippen molar-refractivity contribution in [3.63, 3.8) is 0 Å². The number of imidazole rings is 1. The van der Waals surface area contributed by atoms with Crippen molar-refractivity contribution in [2.24, 2.45) is 13.0 Å². The van der Waals surface area contributed by atoms with E-state index in [1.807, 2.05) is 31.7 Å². The maximum Gasteiger partial charge on any atom is 0.326 e. The van der Waals surface area contributed by atoms with Gasteiger partial charge in [0.15, 0.2) is 10.9 Å². The van der Waals surface area contributed by atoms with Crippen molar-refractivity contribution in [3.8, 4) is 0 Å². The number of carbonyl (C=O) groups excluding carboxylic acids is 1. The quantitative estimate of drug-likeness (QED) is 0.709. The maximum atomic E-state index is 12.1. The van der Waals surface area contributed by atoms with Crippen molar-refractivity contribution in [2.45, 2.75) is 37.2 Å².